The van der Waals surface area contributed by atoms with Gasteiger partial charge in [-0.05, 0) is 19.8 Å². The van der Waals surface area contributed by atoms with Gasteiger partial charge in [-0.25, -0.2) is 0 Å². The molecule has 1 saturated carbocycles. The van der Waals surface area contributed by atoms with Crippen LogP contribution in [0.15, 0.2) is 12.2 Å². The molecule has 0 N–H and O–H groups in total. The molecule has 0 aromatic rings. The van der Waals surface area contributed by atoms with E-state index < -0.39 is 5.60 Å². The van der Waals surface area contributed by atoms with Crippen molar-refractivity contribution in [1.82, 2.24) is 0 Å². The first-order chi connectivity index (χ1) is 7.10. The minimum atomic E-state index is -0.505. The highest BCUT2D eigenvalue weighted by molar-refractivity contribution is 5.89. The van der Waals surface area contributed by atoms with Gasteiger partial charge in [0.25, 0.3) is 0 Å². The third-order valence-corrected chi connectivity index (χ3v) is 3.27. The largest absolute Gasteiger partial charge is 0.370 e. The number of hydrogen-bond acceptors (Lipinski definition) is 2. The number of allylic oxidation sites excluding steroid dienone is 1. The van der Waals surface area contributed by atoms with Gasteiger partial charge in [-0.2, -0.15) is 0 Å². The minimum absolute atomic E-state index is 0.222. The molecule has 0 saturated heterocycles. The van der Waals surface area contributed by atoms with Crippen LogP contribution in [0.25, 0.3) is 0 Å². The molecule has 0 radical (unpaired) electrons. The lowest BCUT2D eigenvalue weighted by Gasteiger charge is -2.29. The van der Waals surface area contributed by atoms with Crippen LogP contribution in [0.5, 0.6) is 0 Å². The van der Waals surface area contributed by atoms with E-state index in [0.717, 1.165) is 31.3 Å². The maximum Gasteiger partial charge on any atom is 0.168 e. The Labute approximate surface area is 92.7 Å². The summed E-state index contributed by atoms with van der Waals surface area (Å²) in [5.74, 6) is 0.222. The Morgan fingerprint density at radius 3 is 2.20 bits per heavy atom. The third kappa shape index (κ3) is 3.16. The van der Waals surface area contributed by atoms with Gasteiger partial charge in [-0.3, -0.25) is 4.79 Å². The molecule has 1 aliphatic rings. The Morgan fingerprint density at radius 1 is 1.27 bits per heavy atom. The normalized spacial score (nSPS) is 20.7. The Hall–Kier alpha value is -0.630. The van der Waals surface area contributed by atoms with E-state index in [9.17, 15) is 4.79 Å². The third-order valence-electron chi connectivity index (χ3n) is 3.27. The molecule has 86 valence electrons. The minimum Gasteiger partial charge on any atom is -0.370 e. The second kappa shape index (κ2) is 5.45. The summed E-state index contributed by atoms with van der Waals surface area (Å²) in [6.45, 7) is 5.70. The van der Waals surface area contributed by atoms with Gasteiger partial charge in [0.2, 0.25) is 0 Å². The summed E-state index contributed by atoms with van der Waals surface area (Å²) < 4.78 is 5.53. The van der Waals surface area contributed by atoms with E-state index in [0.29, 0.717) is 6.42 Å². The van der Waals surface area contributed by atoms with Crippen molar-refractivity contribution in [3.8, 4) is 0 Å². The first-order valence-electron chi connectivity index (χ1n) is 5.83. The maximum absolute atomic E-state index is 12.1. The van der Waals surface area contributed by atoms with Gasteiger partial charge in [-0.15, -0.1) is 0 Å². The molecule has 1 rings (SSSR count). The highest BCUT2D eigenvalue weighted by Gasteiger charge is 2.37. The quantitative estimate of drug-likeness (QED) is 0.526. The zero-order chi connectivity index (χ0) is 11.3. The summed E-state index contributed by atoms with van der Waals surface area (Å²) in [6, 6.07) is 0. The van der Waals surface area contributed by atoms with Crippen molar-refractivity contribution in [2.45, 2.75) is 57.5 Å². The Morgan fingerprint density at radius 2 is 1.80 bits per heavy atom. The van der Waals surface area contributed by atoms with Gasteiger partial charge >= 0.3 is 0 Å². The van der Waals surface area contributed by atoms with E-state index in [2.05, 4.69) is 6.58 Å². The van der Waals surface area contributed by atoms with E-state index >= 15 is 0 Å². The number of carbonyl (C=O) groups excluding carboxylic acids is 1. The van der Waals surface area contributed by atoms with Crippen LogP contribution >= 0.6 is 0 Å². The molecule has 0 heterocycles. The number of methoxy groups -OCH3 is 1. The van der Waals surface area contributed by atoms with Crippen molar-refractivity contribution in [3.05, 3.63) is 12.2 Å². The van der Waals surface area contributed by atoms with Crippen molar-refractivity contribution < 1.29 is 9.53 Å². The number of hydrogen-bond donors (Lipinski definition) is 0. The summed E-state index contributed by atoms with van der Waals surface area (Å²) in [5, 5.41) is 0. The monoisotopic (exact) mass is 210 g/mol. The first kappa shape index (κ1) is 12.4. The molecule has 2 heteroatoms. The van der Waals surface area contributed by atoms with Crippen molar-refractivity contribution >= 4 is 5.78 Å². The summed E-state index contributed by atoms with van der Waals surface area (Å²) in [6.07, 6.45) is 6.90. The number of carbonyl (C=O) groups is 1. The lowest BCUT2D eigenvalue weighted by molar-refractivity contribution is -0.142. The predicted octanol–water partition coefficient (Wildman–Crippen LogP) is 3.26. The van der Waals surface area contributed by atoms with E-state index in [1.54, 1.807) is 7.11 Å². The molecule has 0 unspecified atom stereocenters. The summed E-state index contributed by atoms with van der Waals surface area (Å²) >= 11 is 0. The molecule has 1 aliphatic carbocycles. The summed E-state index contributed by atoms with van der Waals surface area (Å²) in [5.41, 5.74) is 0.427. The van der Waals surface area contributed by atoms with E-state index in [4.69, 9.17) is 4.74 Å². The number of ether oxygens (including phenoxy) is 1. The van der Waals surface area contributed by atoms with Crippen molar-refractivity contribution in [1.29, 1.82) is 0 Å². The SMILES string of the molecule is C=C(C)CC(=O)C1(OC)CCCCCC1. The lowest BCUT2D eigenvalue weighted by Crippen LogP contribution is -2.40. The molecule has 0 bridgehead atoms. The van der Waals surface area contributed by atoms with Crippen LogP contribution in [-0.4, -0.2) is 18.5 Å². The van der Waals surface area contributed by atoms with Crippen LogP contribution in [0.3, 0.4) is 0 Å². The Kier molecular flexibility index (Phi) is 4.52. The molecule has 0 aliphatic heterocycles. The average Bonchev–Trinajstić information content (AvgIpc) is 2.42. The van der Waals surface area contributed by atoms with Gasteiger partial charge in [0.1, 0.15) is 5.60 Å². The Balaban J connectivity index is 2.72. The Bertz CT molecular complexity index is 235. The molecule has 0 aromatic carbocycles. The molecule has 1 fully saturated rings. The number of Topliss-reactive ketones (excluding diaryl/α,β-unsaturated/α-hetero) is 1. The fourth-order valence-corrected chi connectivity index (χ4v) is 2.33. The molecular weight excluding hydrogens is 188 g/mol. The molecule has 0 spiro atoms. The molecule has 15 heavy (non-hydrogen) atoms. The smallest absolute Gasteiger partial charge is 0.168 e. The molecule has 2 nitrogen and oxygen atoms in total. The van der Waals surface area contributed by atoms with Gasteiger partial charge in [0.15, 0.2) is 5.78 Å². The summed E-state index contributed by atoms with van der Waals surface area (Å²) in [4.78, 5) is 12.1. The topological polar surface area (TPSA) is 26.3 Å². The van der Waals surface area contributed by atoms with Gasteiger partial charge in [0.05, 0.1) is 0 Å². The van der Waals surface area contributed by atoms with Crippen LogP contribution < -0.4 is 0 Å². The second-order valence-corrected chi connectivity index (χ2v) is 4.67. The van der Waals surface area contributed by atoms with Crippen LogP contribution in [0.4, 0.5) is 0 Å². The molecule has 0 atom stereocenters. The van der Waals surface area contributed by atoms with Crippen molar-refractivity contribution in [3.63, 3.8) is 0 Å². The maximum atomic E-state index is 12.1. The average molecular weight is 210 g/mol. The van der Waals surface area contributed by atoms with E-state index in [1.165, 1.54) is 12.8 Å². The zero-order valence-corrected chi connectivity index (χ0v) is 9.97. The van der Waals surface area contributed by atoms with E-state index in [-0.39, 0.29) is 5.78 Å². The van der Waals surface area contributed by atoms with Crippen LogP contribution in [-0.2, 0) is 9.53 Å². The fraction of sp³-hybridized carbons (Fsp3) is 0.769. The molecule has 0 aromatic heterocycles. The van der Waals surface area contributed by atoms with Crippen LogP contribution in [0.1, 0.15) is 51.9 Å². The number of ketones is 1. The summed E-state index contributed by atoms with van der Waals surface area (Å²) in [7, 11) is 1.67. The van der Waals surface area contributed by atoms with Gasteiger partial charge in [0, 0.05) is 13.5 Å². The highest BCUT2D eigenvalue weighted by Crippen LogP contribution is 2.32. The number of rotatable bonds is 4. The van der Waals surface area contributed by atoms with Gasteiger partial charge in [-0.1, -0.05) is 37.8 Å². The van der Waals surface area contributed by atoms with Crippen molar-refractivity contribution in [2.75, 3.05) is 7.11 Å². The van der Waals surface area contributed by atoms with E-state index in [1.807, 2.05) is 6.92 Å². The zero-order valence-electron chi connectivity index (χ0n) is 9.97. The fourth-order valence-electron chi connectivity index (χ4n) is 2.33. The standard InChI is InChI=1S/C13H22O2/c1-11(2)10-12(14)13(15-3)8-6-4-5-7-9-13/h1,4-10H2,2-3H3. The second-order valence-electron chi connectivity index (χ2n) is 4.67. The first-order valence-corrected chi connectivity index (χ1v) is 5.83. The lowest BCUT2D eigenvalue weighted by atomic mass is 9.86. The van der Waals surface area contributed by atoms with Crippen LogP contribution in [0, 0.1) is 0 Å². The van der Waals surface area contributed by atoms with Crippen molar-refractivity contribution in [2.24, 2.45) is 0 Å². The molecule has 0 amide bonds. The van der Waals surface area contributed by atoms with Gasteiger partial charge < -0.3 is 4.74 Å². The molecular formula is C13H22O2. The van der Waals surface area contributed by atoms with Crippen LogP contribution in [0.2, 0.25) is 0 Å². The predicted molar refractivity (Wildman–Crippen MR) is 61.9 cm³/mol. The highest BCUT2D eigenvalue weighted by atomic mass is 16.5.